The fourth-order valence-electron chi connectivity index (χ4n) is 1.50. The van der Waals surface area contributed by atoms with Crippen molar-refractivity contribution in [3.8, 4) is 0 Å². The predicted molar refractivity (Wildman–Crippen MR) is 70.7 cm³/mol. The molecule has 2 rings (SSSR count). The number of hydrogen-bond acceptors (Lipinski definition) is 1. The lowest BCUT2D eigenvalue weighted by atomic mass is 10.1. The van der Waals surface area contributed by atoms with Gasteiger partial charge in [-0.25, -0.2) is 8.78 Å². The molecule has 0 spiro atoms. The number of alkyl halides is 1. The molecule has 1 aromatic heterocycles. The maximum absolute atomic E-state index is 13.0. The molecule has 90 valence electrons. The monoisotopic (exact) mass is 336 g/mol. The molecule has 0 aliphatic rings. The summed E-state index contributed by atoms with van der Waals surface area (Å²) in [7, 11) is 0. The molecule has 0 amide bonds. The van der Waals surface area contributed by atoms with Crippen molar-refractivity contribution in [2.45, 2.75) is 11.8 Å². The maximum atomic E-state index is 13.0. The van der Waals surface area contributed by atoms with Crippen LogP contribution in [0.15, 0.2) is 34.1 Å². The Morgan fingerprint density at radius 2 is 2.00 bits per heavy atom. The van der Waals surface area contributed by atoms with Crippen LogP contribution < -0.4 is 0 Å². The quantitative estimate of drug-likeness (QED) is 0.666. The second-order valence-electron chi connectivity index (χ2n) is 3.55. The number of rotatable bonds is 3. The van der Waals surface area contributed by atoms with E-state index >= 15 is 0 Å². The van der Waals surface area contributed by atoms with Crippen LogP contribution in [-0.2, 0) is 6.42 Å². The van der Waals surface area contributed by atoms with Crippen molar-refractivity contribution in [3.63, 3.8) is 0 Å². The van der Waals surface area contributed by atoms with E-state index in [1.54, 1.807) is 6.07 Å². The summed E-state index contributed by atoms with van der Waals surface area (Å²) in [4.78, 5) is 0.997. The van der Waals surface area contributed by atoms with Crippen LogP contribution in [0.4, 0.5) is 8.78 Å². The van der Waals surface area contributed by atoms with Gasteiger partial charge in [0.25, 0.3) is 0 Å². The first kappa shape index (κ1) is 13.0. The van der Waals surface area contributed by atoms with Crippen LogP contribution in [-0.4, -0.2) is 0 Å². The topological polar surface area (TPSA) is 0 Å². The summed E-state index contributed by atoms with van der Waals surface area (Å²) in [6, 6.07) is 5.78. The normalized spacial score (nSPS) is 12.7. The number of benzene rings is 1. The molecule has 0 aliphatic carbocycles. The van der Waals surface area contributed by atoms with Crippen molar-refractivity contribution in [2.75, 3.05) is 0 Å². The van der Waals surface area contributed by atoms with Gasteiger partial charge in [-0.05, 0) is 51.5 Å². The van der Waals surface area contributed by atoms with E-state index in [2.05, 4.69) is 15.9 Å². The van der Waals surface area contributed by atoms with Crippen molar-refractivity contribution >= 4 is 38.9 Å². The summed E-state index contributed by atoms with van der Waals surface area (Å²) in [5.41, 5.74) is 0.684. The number of hydrogen-bond donors (Lipinski definition) is 0. The Morgan fingerprint density at radius 1 is 1.24 bits per heavy atom. The molecular formula is C12H8BrClF2S. The van der Waals surface area contributed by atoms with Crippen LogP contribution in [0.1, 0.15) is 15.8 Å². The highest BCUT2D eigenvalue weighted by atomic mass is 79.9. The molecule has 0 radical (unpaired) electrons. The third kappa shape index (κ3) is 3.06. The lowest BCUT2D eigenvalue weighted by molar-refractivity contribution is 0.507. The zero-order valence-electron chi connectivity index (χ0n) is 8.59. The van der Waals surface area contributed by atoms with Gasteiger partial charge in [-0.3, -0.25) is 0 Å². The van der Waals surface area contributed by atoms with E-state index < -0.39 is 11.6 Å². The lowest BCUT2D eigenvalue weighted by Gasteiger charge is -2.08. The van der Waals surface area contributed by atoms with E-state index in [1.807, 2.05) is 11.4 Å². The Hall–Kier alpha value is -0.450. The second kappa shape index (κ2) is 5.46. The molecule has 0 N–H and O–H groups in total. The van der Waals surface area contributed by atoms with Gasteiger partial charge in [-0.1, -0.05) is 6.07 Å². The van der Waals surface area contributed by atoms with Crippen molar-refractivity contribution in [1.82, 2.24) is 0 Å². The SMILES string of the molecule is Fc1ccc(CC(Cl)c2sccc2Br)cc1F. The average Bonchev–Trinajstić information content (AvgIpc) is 2.70. The van der Waals surface area contributed by atoms with Crippen LogP contribution >= 0.6 is 38.9 Å². The molecule has 5 heteroatoms. The van der Waals surface area contributed by atoms with Crippen molar-refractivity contribution in [1.29, 1.82) is 0 Å². The van der Waals surface area contributed by atoms with Crippen molar-refractivity contribution in [2.24, 2.45) is 0 Å². The van der Waals surface area contributed by atoms with Crippen LogP contribution in [0.3, 0.4) is 0 Å². The summed E-state index contributed by atoms with van der Waals surface area (Å²) in [6.45, 7) is 0. The van der Waals surface area contributed by atoms with E-state index in [0.717, 1.165) is 15.4 Å². The second-order valence-corrected chi connectivity index (χ2v) is 5.88. The van der Waals surface area contributed by atoms with Gasteiger partial charge in [0, 0.05) is 9.35 Å². The highest BCUT2D eigenvalue weighted by Crippen LogP contribution is 2.35. The summed E-state index contributed by atoms with van der Waals surface area (Å²) in [5.74, 6) is -1.67. The zero-order valence-corrected chi connectivity index (χ0v) is 11.7. The highest BCUT2D eigenvalue weighted by Gasteiger charge is 2.14. The molecule has 2 aromatic rings. The average molecular weight is 338 g/mol. The van der Waals surface area contributed by atoms with Gasteiger partial charge in [-0.2, -0.15) is 0 Å². The first-order valence-electron chi connectivity index (χ1n) is 4.89. The molecule has 1 atom stereocenters. The fraction of sp³-hybridized carbons (Fsp3) is 0.167. The van der Waals surface area contributed by atoms with Crippen LogP contribution in [0.2, 0.25) is 0 Å². The molecule has 0 bridgehead atoms. The molecule has 17 heavy (non-hydrogen) atoms. The first-order valence-corrected chi connectivity index (χ1v) is 6.99. The Bertz CT molecular complexity index is 527. The standard InChI is InChI=1S/C12H8BrClF2S/c13-8-3-4-17-12(8)9(14)5-7-1-2-10(15)11(16)6-7/h1-4,6,9H,5H2. The smallest absolute Gasteiger partial charge is 0.159 e. The molecule has 0 fully saturated rings. The number of halogens is 4. The Kier molecular flexibility index (Phi) is 4.17. The van der Waals surface area contributed by atoms with Gasteiger partial charge < -0.3 is 0 Å². The Labute approximate surface area is 115 Å². The van der Waals surface area contributed by atoms with E-state index in [1.165, 1.54) is 17.4 Å². The van der Waals surface area contributed by atoms with Gasteiger partial charge in [0.05, 0.1) is 5.38 Å². The molecule has 0 saturated carbocycles. The van der Waals surface area contributed by atoms with Gasteiger partial charge in [0.1, 0.15) is 0 Å². The Balaban J connectivity index is 2.16. The molecule has 0 aliphatic heterocycles. The van der Waals surface area contributed by atoms with Crippen molar-refractivity contribution < 1.29 is 8.78 Å². The van der Waals surface area contributed by atoms with Crippen LogP contribution in [0.25, 0.3) is 0 Å². The van der Waals surface area contributed by atoms with Gasteiger partial charge in [0.15, 0.2) is 11.6 Å². The van der Waals surface area contributed by atoms with Gasteiger partial charge in [0.2, 0.25) is 0 Å². The highest BCUT2D eigenvalue weighted by molar-refractivity contribution is 9.10. The largest absolute Gasteiger partial charge is 0.204 e. The summed E-state index contributed by atoms with van der Waals surface area (Å²) < 4.78 is 26.7. The molecular weight excluding hydrogens is 330 g/mol. The Morgan fingerprint density at radius 3 is 2.59 bits per heavy atom. The molecule has 1 heterocycles. The third-order valence-electron chi connectivity index (χ3n) is 2.33. The minimum atomic E-state index is -0.836. The van der Waals surface area contributed by atoms with Crippen LogP contribution in [0, 0.1) is 11.6 Å². The fourth-order valence-corrected chi connectivity index (χ4v) is 3.70. The third-order valence-corrected chi connectivity index (χ3v) is 4.81. The maximum Gasteiger partial charge on any atom is 0.159 e. The minimum absolute atomic E-state index is 0.241. The molecule has 1 unspecified atom stereocenters. The van der Waals surface area contributed by atoms with Gasteiger partial charge >= 0.3 is 0 Å². The zero-order chi connectivity index (χ0) is 12.4. The summed E-state index contributed by atoms with van der Waals surface area (Å²) >= 11 is 11.2. The van der Waals surface area contributed by atoms with E-state index in [4.69, 9.17) is 11.6 Å². The van der Waals surface area contributed by atoms with Crippen molar-refractivity contribution in [3.05, 3.63) is 56.2 Å². The van der Waals surface area contributed by atoms with E-state index in [0.29, 0.717) is 12.0 Å². The number of thiophene rings is 1. The van der Waals surface area contributed by atoms with Gasteiger partial charge in [-0.15, -0.1) is 22.9 Å². The minimum Gasteiger partial charge on any atom is -0.204 e. The summed E-state index contributed by atoms with van der Waals surface area (Å²) in [5, 5.41) is 1.69. The summed E-state index contributed by atoms with van der Waals surface area (Å²) in [6.07, 6.45) is 0.470. The molecule has 1 aromatic carbocycles. The van der Waals surface area contributed by atoms with E-state index in [9.17, 15) is 8.78 Å². The first-order chi connectivity index (χ1) is 8.08. The molecule has 0 nitrogen and oxygen atoms in total. The van der Waals surface area contributed by atoms with Crippen LogP contribution in [0.5, 0.6) is 0 Å². The molecule has 0 saturated heterocycles. The van der Waals surface area contributed by atoms with E-state index in [-0.39, 0.29) is 5.38 Å². The predicted octanol–water partition coefficient (Wildman–Crippen LogP) is 5.31. The lowest BCUT2D eigenvalue weighted by Crippen LogP contribution is -1.96.